The van der Waals surface area contributed by atoms with E-state index in [1.165, 1.54) is 0 Å². The van der Waals surface area contributed by atoms with Gasteiger partial charge in [0.25, 0.3) is 5.91 Å². The van der Waals surface area contributed by atoms with E-state index >= 15 is 0 Å². The summed E-state index contributed by atoms with van der Waals surface area (Å²) in [7, 11) is -1.42. The van der Waals surface area contributed by atoms with Crippen LogP contribution in [0, 0.1) is 11.6 Å². The second-order valence-electron chi connectivity index (χ2n) is 5.17. The molecular weight excluding hydrogens is 352 g/mol. The fourth-order valence-electron chi connectivity index (χ4n) is 2.10. The monoisotopic (exact) mass is 367 g/mol. The third kappa shape index (κ3) is 5.46. The van der Waals surface area contributed by atoms with Crippen molar-refractivity contribution < 1.29 is 27.7 Å². The summed E-state index contributed by atoms with van der Waals surface area (Å²) in [5.74, 6) is -4.12. The zero-order valence-corrected chi connectivity index (χ0v) is 13.8. The van der Waals surface area contributed by atoms with E-state index in [2.05, 4.69) is 5.32 Å². The van der Waals surface area contributed by atoms with Crippen molar-refractivity contribution in [2.24, 2.45) is 0 Å². The van der Waals surface area contributed by atoms with Gasteiger partial charge >= 0.3 is 5.97 Å². The van der Waals surface area contributed by atoms with Gasteiger partial charge in [-0.2, -0.15) is 0 Å². The minimum atomic E-state index is -1.42. The van der Waals surface area contributed by atoms with Crippen molar-refractivity contribution in [1.29, 1.82) is 0 Å². The Morgan fingerprint density at radius 3 is 2.24 bits per heavy atom. The Balaban J connectivity index is 2.02. The number of carboxylic acids is 1. The predicted molar refractivity (Wildman–Crippen MR) is 87.6 cm³/mol. The standard InChI is InChI=1S/C17H15F2NO4S/c18-12-8-11(9-13(19)10-12)16(21)20-15(17(22)23)6-7-25(24)14-4-2-1-3-5-14/h1-5,8-10,15H,6-7H2,(H,20,21)(H,22,23)/t15-,25-/m1/s1. The highest BCUT2D eigenvalue weighted by molar-refractivity contribution is 7.85. The van der Waals surface area contributed by atoms with Gasteiger partial charge in [0.1, 0.15) is 17.7 Å². The Bertz CT molecular complexity index is 778. The summed E-state index contributed by atoms with van der Waals surface area (Å²) in [5.41, 5.74) is -0.326. The number of rotatable bonds is 7. The summed E-state index contributed by atoms with van der Waals surface area (Å²) in [4.78, 5) is 23.8. The highest BCUT2D eigenvalue weighted by Gasteiger charge is 2.22. The lowest BCUT2D eigenvalue weighted by Crippen LogP contribution is -2.41. The Hall–Kier alpha value is -2.61. The second-order valence-corrected chi connectivity index (χ2v) is 6.74. The zero-order chi connectivity index (χ0) is 18.4. The topological polar surface area (TPSA) is 83.5 Å². The molecule has 2 aromatic rings. The average molecular weight is 367 g/mol. The van der Waals surface area contributed by atoms with E-state index in [9.17, 15) is 27.7 Å². The maximum atomic E-state index is 13.1. The molecule has 0 heterocycles. The van der Waals surface area contributed by atoms with Gasteiger partial charge in [-0.25, -0.2) is 13.6 Å². The first kappa shape index (κ1) is 18.7. The summed E-state index contributed by atoms with van der Waals surface area (Å²) < 4.78 is 38.4. The lowest BCUT2D eigenvalue weighted by atomic mass is 10.1. The van der Waals surface area contributed by atoms with Crippen LogP contribution >= 0.6 is 0 Å². The third-order valence-corrected chi connectivity index (χ3v) is 4.73. The fourth-order valence-corrected chi connectivity index (χ4v) is 3.25. The van der Waals surface area contributed by atoms with Crippen LogP contribution in [-0.2, 0) is 15.6 Å². The Morgan fingerprint density at radius 2 is 1.68 bits per heavy atom. The van der Waals surface area contributed by atoms with Gasteiger partial charge in [-0.1, -0.05) is 18.2 Å². The molecule has 0 spiro atoms. The van der Waals surface area contributed by atoms with Gasteiger partial charge in [0.05, 0.1) is 10.8 Å². The van der Waals surface area contributed by atoms with Gasteiger partial charge < -0.3 is 10.4 Å². The minimum Gasteiger partial charge on any atom is -0.480 e. The van der Waals surface area contributed by atoms with Crippen LogP contribution in [0.15, 0.2) is 53.4 Å². The van der Waals surface area contributed by atoms with Gasteiger partial charge in [0.15, 0.2) is 0 Å². The lowest BCUT2D eigenvalue weighted by Gasteiger charge is -2.14. The number of carbonyl (C=O) groups excluding carboxylic acids is 1. The maximum Gasteiger partial charge on any atom is 0.326 e. The first-order valence-electron chi connectivity index (χ1n) is 7.30. The van der Waals surface area contributed by atoms with Crippen LogP contribution in [0.25, 0.3) is 0 Å². The first-order valence-corrected chi connectivity index (χ1v) is 8.62. The number of benzene rings is 2. The molecule has 2 N–H and O–H groups in total. The van der Waals surface area contributed by atoms with E-state index in [0.717, 1.165) is 12.1 Å². The smallest absolute Gasteiger partial charge is 0.326 e. The van der Waals surface area contributed by atoms with E-state index in [0.29, 0.717) is 11.0 Å². The molecule has 2 atom stereocenters. The molecule has 25 heavy (non-hydrogen) atoms. The summed E-state index contributed by atoms with van der Waals surface area (Å²) in [6.45, 7) is 0. The number of carbonyl (C=O) groups is 2. The Morgan fingerprint density at radius 1 is 1.08 bits per heavy atom. The van der Waals surface area contributed by atoms with E-state index in [1.807, 2.05) is 0 Å². The second kappa shape index (κ2) is 8.48. The number of hydrogen-bond donors (Lipinski definition) is 2. The molecule has 2 aromatic carbocycles. The molecule has 5 nitrogen and oxygen atoms in total. The van der Waals surface area contributed by atoms with Crippen LogP contribution < -0.4 is 5.32 Å². The van der Waals surface area contributed by atoms with Crippen LogP contribution in [-0.4, -0.2) is 33.0 Å². The van der Waals surface area contributed by atoms with E-state index in [1.54, 1.807) is 30.3 Å². The molecule has 0 aliphatic carbocycles. The molecule has 8 heteroatoms. The fraction of sp³-hybridized carbons (Fsp3) is 0.176. The molecule has 0 saturated carbocycles. The summed E-state index contributed by atoms with van der Waals surface area (Å²) in [6, 6.07) is 9.38. The van der Waals surface area contributed by atoms with Crippen LogP contribution in [0.1, 0.15) is 16.8 Å². The predicted octanol–water partition coefficient (Wildman–Crippen LogP) is 2.35. The Labute approximate surface area is 145 Å². The molecule has 0 radical (unpaired) electrons. The lowest BCUT2D eigenvalue weighted by molar-refractivity contribution is -0.139. The van der Waals surface area contributed by atoms with Gasteiger partial charge in [-0.15, -0.1) is 0 Å². The molecule has 0 aliphatic rings. The molecule has 132 valence electrons. The van der Waals surface area contributed by atoms with Crippen molar-refractivity contribution in [2.75, 3.05) is 5.75 Å². The highest BCUT2D eigenvalue weighted by Crippen LogP contribution is 2.10. The Kier molecular flexibility index (Phi) is 6.35. The van der Waals surface area contributed by atoms with Gasteiger partial charge in [0, 0.05) is 22.3 Å². The number of aliphatic carboxylic acids is 1. The van der Waals surface area contributed by atoms with Gasteiger partial charge in [-0.05, 0) is 30.7 Å². The summed E-state index contributed by atoms with van der Waals surface area (Å²) in [5, 5.41) is 11.4. The van der Waals surface area contributed by atoms with Gasteiger partial charge in [0.2, 0.25) is 0 Å². The van der Waals surface area contributed by atoms with E-state index in [4.69, 9.17) is 0 Å². The van der Waals surface area contributed by atoms with Crippen molar-refractivity contribution in [3.63, 3.8) is 0 Å². The van der Waals surface area contributed by atoms with Crippen molar-refractivity contribution in [3.05, 3.63) is 65.7 Å². The SMILES string of the molecule is O=C(N[C@H](CC[S@@](=O)c1ccccc1)C(=O)O)c1cc(F)cc(F)c1. The van der Waals surface area contributed by atoms with E-state index < -0.39 is 40.4 Å². The number of nitrogens with one attached hydrogen (secondary N) is 1. The highest BCUT2D eigenvalue weighted by atomic mass is 32.2. The molecule has 0 saturated heterocycles. The van der Waals surface area contributed by atoms with Crippen LogP contribution in [0.5, 0.6) is 0 Å². The molecular formula is C17H15F2NO4S. The van der Waals surface area contributed by atoms with Crippen molar-refractivity contribution >= 4 is 22.7 Å². The summed E-state index contributed by atoms with van der Waals surface area (Å²) in [6.07, 6.45) is -0.0968. The average Bonchev–Trinajstić information content (AvgIpc) is 2.57. The molecule has 1 amide bonds. The minimum absolute atomic E-state index is 0.0127. The normalized spacial score (nSPS) is 13.0. The van der Waals surface area contributed by atoms with Crippen LogP contribution in [0.3, 0.4) is 0 Å². The first-order chi connectivity index (χ1) is 11.9. The molecule has 0 aromatic heterocycles. The maximum absolute atomic E-state index is 13.1. The molecule has 0 fully saturated rings. The molecule has 0 aliphatic heterocycles. The van der Waals surface area contributed by atoms with Crippen molar-refractivity contribution in [2.45, 2.75) is 17.4 Å². The zero-order valence-electron chi connectivity index (χ0n) is 12.9. The number of carboxylic acid groups (broad SMARTS) is 1. The third-order valence-electron chi connectivity index (χ3n) is 3.33. The number of hydrogen-bond acceptors (Lipinski definition) is 3. The summed E-state index contributed by atoms with van der Waals surface area (Å²) >= 11 is 0. The van der Waals surface area contributed by atoms with Crippen molar-refractivity contribution in [3.8, 4) is 0 Å². The molecule has 2 rings (SSSR count). The molecule has 0 bridgehead atoms. The number of amides is 1. The van der Waals surface area contributed by atoms with Crippen molar-refractivity contribution in [1.82, 2.24) is 5.32 Å². The van der Waals surface area contributed by atoms with E-state index in [-0.39, 0.29) is 17.7 Å². The largest absolute Gasteiger partial charge is 0.480 e. The quantitative estimate of drug-likeness (QED) is 0.787. The molecule has 0 unspecified atom stereocenters. The van der Waals surface area contributed by atoms with Crippen LogP contribution in [0.4, 0.5) is 8.78 Å². The number of halogens is 2. The van der Waals surface area contributed by atoms with Gasteiger partial charge in [-0.3, -0.25) is 9.00 Å². The van der Waals surface area contributed by atoms with Crippen LogP contribution in [0.2, 0.25) is 0 Å².